The Labute approximate surface area is 131 Å². The van der Waals surface area contributed by atoms with Crippen molar-refractivity contribution in [3.8, 4) is 0 Å². The average molecular weight is 328 g/mol. The van der Waals surface area contributed by atoms with Crippen molar-refractivity contribution in [3.05, 3.63) is 35.4 Å². The SMILES string of the molecule is CC(C)C(NC(=O)c1c(F)cccc1F)C(=O)N[C@@H](C)C(=O)O. The van der Waals surface area contributed by atoms with E-state index < -0.39 is 53.0 Å². The fraction of sp³-hybridized carbons (Fsp3) is 0.400. The van der Waals surface area contributed by atoms with E-state index in [4.69, 9.17) is 5.11 Å². The number of rotatable bonds is 6. The van der Waals surface area contributed by atoms with Gasteiger partial charge in [0.15, 0.2) is 0 Å². The van der Waals surface area contributed by atoms with Crippen molar-refractivity contribution in [2.75, 3.05) is 0 Å². The standard InChI is InChI=1S/C15H18F2N2O4/c1-7(2)12(14(21)18-8(3)15(22)23)19-13(20)11-9(16)5-4-6-10(11)17/h4-8,12H,1-3H3,(H,18,21)(H,19,20)(H,22,23)/t8-,12?/m0/s1. The second kappa shape index (κ2) is 7.66. The average Bonchev–Trinajstić information content (AvgIpc) is 2.43. The number of aliphatic carboxylic acids is 1. The van der Waals surface area contributed by atoms with Crippen LogP contribution in [0.1, 0.15) is 31.1 Å². The van der Waals surface area contributed by atoms with Crippen molar-refractivity contribution in [1.29, 1.82) is 0 Å². The van der Waals surface area contributed by atoms with Gasteiger partial charge < -0.3 is 15.7 Å². The fourth-order valence-electron chi connectivity index (χ4n) is 1.83. The summed E-state index contributed by atoms with van der Waals surface area (Å²) in [6, 6.07) is 0.668. The largest absolute Gasteiger partial charge is 0.480 e. The summed E-state index contributed by atoms with van der Waals surface area (Å²) >= 11 is 0. The van der Waals surface area contributed by atoms with Gasteiger partial charge in [-0.3, -0.25) is 14.4 Å². The van der Waals surface area contributed by atoms with Crippen molar-refractivity contribution in [3.63, 3.8) is 0 Å². The number of carboxylic acid groups (broad SMARTS) is 1. The van der Waals surface area contributed by atoms with Gasteiger partial charge in [-0.1, -0.05) is 19.9 Å². The van der Waals surface area contributed by atoms with Crippen LogP contribution in [0.5, 0.6) is 0 Å². The number of carboxylic acids is 1. The van der Waals surface area contributed by atoms with Crippen molar-refractivity contribution < 1.29 is 28.3 Å². The summed E-state index contributed by atoms with van der Waals surface area (Å²) in [5.74, 6) is -5.60. The lowest BCUT2D eigenvalue weighted by Crippen LogP contribution is -2.53. The highest BCUT2D eigenvalue weighted by Gasteiger charge is 2.28. The smallest absolute Gasteiger partial charge is 0.325 e. The molecule has 0 aromatic heterocycles. The minimum atomic E-state index is -1.24. The first kappa shape index (κ1) is 18.5. The van der Waals surface area contributed by atoms with E-state index in [0.29, 0.717) is 0 Å². The van der Waals surface area contributed by atoms with Crippen LogP contribution in [0.15, 0.2) is 18.2 Å². The van der Waals surface area contributed by atoms with E-state index in [1.807, 2.05) is 0 Å². The first-order chi connectivity index (χ1) is 10.6. The van der Waals surface area contributed by atoms with Crippen LogP contribution in [0.4, 0.5) is 8.78 Å². The molecule has 0 heterocycles. The number of benzene rings is 1. The van der Waals surface area contributed by atoms with Crippen LogP contribution in [0, 0.1) is 17.6 Å². The fourth-order valence-corrected chi connectivity index (χ4v) is 1.83. The molecule has 0 spiro atoms. The van der Waals surface area contributed by atoms with Crippen molar-refractivity contribution in [2.45, 2.75) is 32.9 Å². The topological polar surface area (TPSA) is 95.5 Å². The third-order valence-electron chi connectivity index (χ3n) is 3.15. The molecule has 0 aliphatic carbocycles. The number of nitrogens with one attached hydrogen (secondary N) is 2. The highest BCUT2D eigenvalue weighted by atomic mass is 19.1. The molecular weight excluding hydrogens is 310 g/mol. The van der Waals surface area contributed by atoms with Gasteiger partial charge in [0.2, 0.25) is 5.91 Å². The first-order valence-corrected chi connectivity index (χ1v) is 6.93. The lowest BCUT2D eigenvalue weighted by atomic mass is 10.0. The van der Waals surface area contributed by atoms with Gasteiger partial charge >= 0.3 is 5.97 Å². The molecule has 126 valence electrons. The van der Waals surface area contributed by atoms with Crippen LogP contribution in [0.3, 0.4) is 0 Å². The number of hydrogen-bond acceptors (Lipinski definition) is 3. The summed E-state index contributed by atoms with van der Waals surface area (Å²) in [7, 11) is 0. The highest BCUT2D eigenvalue weighted by molar-refractivity contribution is 5.98. The van der Waals surface area contributed by atoms with Crippen LogP contribution < -0.4 is 10.6 Å². The Morgan fingerprint density at radius 1 is 1.04 bits per heavy atom. The maximum atomic E-state index is 13.6. The number of amides is 2. The molecule has 1 unspecified atom stereocenters. The Balaban J connectivity index is 2.94. The van der Waals surface area contributed by atoms with Crippen molar-refractivity contribution in [1.82, 2.24) is 10.6 Å². The summed E-state index contributed by atoms with van der Waals surface area (Å²) in [5, 5.41) is 13.2. The zero-order valence-corrected chi connectivity index (χ0v) is 12.9. The number of carbonyl (C=O) groups is 3. The van der Waals surface area contributed by atoms with E-state index in [-0.39, 0.29) is 0 Å². The minimum absolute atomic E-state index is 0.422. The molecule has 8 heteroatoms. The Kier molecular flexibility index (Phi) is 6.18. The molecule has 23 heavy (non-hydrogen) atoms. The second-order valence-electron chi connectivity index (χ2n) is 5.36. The van der Waals surface area contributed by atoms with Gasteiger partial charge in [0.05, 0.1) is 0 Å². The number of carbonyl (C=O) groups excluding carboxylic acids is 2. The van der Waals surface area contributed by atoms with Crippen molar-refractivity contribution >= 4 is 17.8 Å². The summed E-state index contributed by atoms with van der Waals surface area (Å²) in [4.78, 5) is 34.9. The summed E-state index contributed by atoms with van der Waals surface area (Å²) in [6.45, 7) is 4.47. The summed E-state index contributed by atoms with van der Waals surface area (Å²) in [6.07, 6.45) is 0. The Hall–Kier alpha value is -2.51. The monoisotopic (exact) mass is 328 g/mol. The van der Waals surface area contributed by atoms with Crippen LogP contribution in [0.2, 0.25) is 0 Å². The van der Waals surface area contributed by atoms with Gasteiger partial charge in [-0.05, 0) is 25.0 Å². The predicted octanol–water partition coefficient (Wildman–Crippen LogP) is 1.31. The van der Waals surface area contributed by atoms with Gasteiger partial charge in [0.25, 0.3) is 5.91 Å². The molecule has 0 saturated carbocycles. The van der Waals surface area contributed by atoms with E-state index >= 15 is 0 Å². The molecule has 0 aliphatic heterocycles. The zero-order valence-electron chi connectivity index (χ0n) is 12.9. The normalized spacial score (nSPS) is 13.3. The molecule has 0 fully saturated rings. The molecule has 0 bridgehead atoms. The maximum Gasteiger partial charge on any atom is 0.325 e. The molecular formula is C15H18F2N2O4. The van der Waals surface area contributed by atoms with Crippen LogP contribution in [0.25, 0.3) is 0 Å². The summed E-state index contributed by atoms with van der Waals surface area (Å²) in [5.41, 5.74) is -0.794. The van der Waals surface area contributed by atoms with Crippen LogP contribution in [-0.4, -0.2) is 35.0 Å². The minimum Gasteiger partial charge on any atom is -0.480 e. The first-order valence-electron chi connectivity index (χ1n) is 6.93. The van der Waals surface area contributed by atoms with Crippen molar-refractivity contribution in [2.24, 2.45) is 5.92 Å². The maximum absolute atomic E-state index is 13.6. The Bertz CT molecular complexity index is 599. The zero-order chi connectivity index (χ0) is 17.7. The Morgan fingerprint density at radius 2 is 1.57 bits per heavy atom. The van der Waals surface area contributed by atoms with Gasteiger partial charge in [-0.15, -0.1) is 0 Å². The van der Waals surface area contributed by atoms with Gasteiger partial charge in [-0.25, -0.2) is 8.78 Å². The molecule has 2 amide bonds. The second-order valence-corrected chi connectivity index (χ2v) is 5.36. The van der Waals surface area contributed by atoms with Gasteiger partial charge in [-0.2, -0.15) is 0 Å². The third kappa shape index (κ3) is 4.73. The molecule has 1 aromatic rings. The number of hydrogen-bond donors (Lipinski definition) is 3. The summed E-state index contributed by atoms with van der Waals surface area (Å²) < 4.78 is 27.2. The van der Waals surface area contributed by atoms with E-state index in [2.05, 4.69) is 10.6 Å². The van der Waals surface area contributed by atoms with Gasteiger partial charge in [0.1, 0.15) is 29.3 Å². The number of halogens is 2. The molecule has 0 radical (unpaired) electrons. The van der Waals surface area contributed by atoms with Gasteiger partial charge in [0, 0.05) is 0 Å². The molecule has 0 saturated heterocycles. The molecule has 1 aromatic carbocycles. The molecule has 1 rings (SSSR count). The van der Waals surface area contributed by atoms with Crippen LogP contribution >= 0.6 is 0 Å². The highest BCUT2D eigenvalue weighted by Crippen LogP contribution is 2.13. The molecule has 6 nitrogen and oxygen atoms in total. The van der Waals surface area contributed by atoms with E-state index in [1.54, 1.807) is 13.8 Å². The van der Waals surface area contributed by atoms with Crippen LogP contribution in [-0.2, 0) is 9.59 Å². The third-order valence-corrected chi connectivity index (χ3v) is 3.15. The molecule has 3 N–H and O–H groups in total. The molecule has 0 aliphatic rings. The lowest BCUT2D eigenvalue weighted by molar-refractivity contribution is -0.141. The van der Waals surface area contributed by atoms with E-state index in [9.17, 15) is 23.2 Å². The quantitative estimate of drug-likeness (QED) is 0.734. The lowest BCUT2D eigenvalue weighted by Gasteiger charge is -2.23. The van der Waals surface area contributed by atoms with E-state index in [0.717, 1.165) is 18.2 Å². The predicted molar refractivity (Wildman–Crippen MR) is 77.7 cm³/mol. The Morgan fingerprint density at radius 3 is 2.00 bits per heavy atom. The molecule has 2 atom stereocenters. The van der Waals surface area contributed by atoms with E-state index in [1.165, 1.54) is 6.92 Å².